The Morgan fingerprint density at radius 3 is 2.71 bits per heavy atom. The van der Waals surface area contributed by atoms with Gasteiger partial charge in [-0.15, -0.1) is 11.3 Å². The molecule has 0 saturated heterocycles. The molecule has 2 N–H and O–H groups in total. The summed E-state index contributed by atoms with van der Waals surface area (Å²) in [6.45, 7) is 6.67. The number of nitrogens with zero attached hydrogens (tertiary/aromatic N) is 3. The van der Waals surface area contributed by atoms with Gasteiger partial charge in [0.1, 0.15) is 16.6 Å². The summed E-state index contributed by atoms with van der Waals surface area (Å²) < 4.78 is 6.82. The predicted octanol–water partition coefficient (Wildman–Crippen LogP) is 2.27. The molecule has 0 bridgehead atoms. The van der Waals surface area contributed by atoms with Crippen LogP contribution in [-0.2, 0) is 24.1 Å². The van der Waals surface area contributed by atoms with Gasteiger partial charge >= 0.3 is 5.97 Å². The van der Waals surface area contributed by atoms with Gasteiger partial charge < -0.3 is 15.0 Å². The van der Waals surface area contributed by atoms with Crippen molar-refractivity contribution in [2.75, 3.05) is 12.3 Å². The number of thiazole rings is 1. The van der Waals surface area contributed by atoms with Crippen molar-refractivity contribution in [1.29, 1.82) is 0 Å². The quantitative estimate of drug-likeness (QED) is 0.828. The van der Waals surface area contributed by atoms with Gasteiger partial charge in [0, 0.05) is 17.5 Å². The third kappa shape index (κ3) is 3.24. The lowest BCUT2D eigenvalue weighted by Crippen LogP contribution is -2.11. The number of imidazole rings is 1. The summed E-state index contributed by atoms with van der Waals surface area (Å²) in [6, 6.07) is 0. The summed E-state index contributed by atoms with van der Waals surface area (Å²) in [5, 5.41) is 0.959. The molecule has 0 saturated carbocycles. The van der Waals surface area contributed by atoms with Gasteiger partial charge in [0.2, 0.25) is 0 Å². The zero-order valence-electron chi connectivity index (χ0n) is 12.5. The Hall–Kier alpha value is -1.89. The summed E-state index contributed by atoms with van der Waals surface area (Å²) >= 11 is 1.65. The van der Waals surface area contributed by atoms with Crippen molar-refractivity contribution < 1.29 is 9.53 Å². The highest BCUT2D eigenvalue weighted by atomic mass is 32.1. The maximum atomic E-state index is 11.9. The first kappa shape index (κ1) is 15.5. The summed E-state index contributed by atoms with van der Waals surface area (Å²) in [7, 11) is 0. The minimum absolute atomic E-state index is 0.195. The highest BCUT2D eigenvalue weighted by molar-refractivity contribution is 7.11. The predicted molar refractivity (Wildman–Crippen MR) is 82.6 cm³/mol. The van der Waals surface area contributed by atoms with Crippen LogP contribution in [0.1, 0.15) is 47.0 Å². The molecule has 6 nitrogen and oxygen atoms in total. The number of aryl methyl sites for hydroxylation is 2. The van der Waals surface area contributed by atoms with Crippen molar-refractivity contribution in [1.82, 2.24) is 14.5 Å². The van der Waals surface area contributed by atoms with Crippen LogP contribution in [0, 0.1) is 0 Å². The van der Waals surface area contributed by atoms with Crippen molar-refractivity contribution in [2.24, 2.45) is 0 Å². The van der Waals surface area contributed by atoms with Gasteiger partial charge in [-0.25, -0.2) is 14.8 Å². The highest BCUT2D eigenvalue weighted by Gasteiger charge is 2.21. The monoisotopic (exact) mass is 308 g/mol. The van der Waals surface area contributed by atoms with Crippen LogP contribution >= 0.6 is 11.3 Å². The molecule has 0 radical (unpaired) electrons. The van der Waals surface area contributed by atoms with Crippen LogP contribution in [0.4, 0.5) is 5.82 Å². The maximum Gasteiger partial charge on any atom is 0.360 e. The Kier molecular flexibility index (Phi) is 4.95. The van der Waals surface area contributed by atoms with Crippen LogP contribution in [0.25, 0.3) is 0 Å². The molecule has 2 rings (SSSR count). The summed E-state index contributed by atoms with van der Waals surface area (Å²) in [4.78, 5) is 21.8. The largest absolute Gasteiger partial charge is 0.461 e. The molecular formula is C14H20N4O2S. The number of hydrogen-bond donors (Lipinski definition) is 1. The van der Waals surface area contributed by atoms with E-state index in [1.807, 2.05) is 17.7 Å². The zero-order valence-corrected chi connectivity index (χ0v) is 13.4. The summed E-state index contributed by atoms with van der Waals surface area (Å²) in [5.74, 6) is 0.638. The lowest BCUT2D eigenvalue weighted by Gasteiger charge is -2.06. The molecular weight excluding hydrogens is 288 g/mol. The van der Waals surface area contributed by atoms with Gasteiger partial charge in [0.05, 0.1) is 13.2 Å². The Morgan fingerprint density at radius 2 is 2.14 bits per heavy atom. The first-order chi connectivity index (χ1) is 10.1. The van der Waals surface area contributed by atoms with E-state index in [-0.39, 0.29) is 5.69 Å². The fourth-order valence-corrected chi connectivity index (χ4v) is 2.88. The number of aromatic nitrogens is 3. The molecule has 2 heterocycles. The topological polar surface area (TPSA) is 83.0 Å². The van der Waals surface area contributed by atoms with Gasteiger partial charge in [-0.1, -0.05) is 13.8 Å². The van der Waals surface area contributed by atoms with Crippen molar-refractivity contribution >= 4 is 23.1 Å². The minimum atomic E-state index is -0.475. The normalized spacial score (nSPS) is 10.8. The fourth-order valence-electron chi connectivity index (χ4n) is 2.03. The molecule has 0 atom stereocenters. The SMILES string of the molecule is CCOC(=O)c1nc(CC)n(Cc2ncc(CC)s2)c1N. The summed E-state index contributed by atoms with van der Waals surface area (Å²) in [6.07, 6.45) is 3.53. The first-order valence-electron chi connectivity index (χ1n) is 7.06. The third-order valence-corrected chi connectivity index (χ3v) is 4.24. The Labute approximate surface area is 128 Å². The minimum Gasteiger partial charge on any atom is -0.461 e. The molecule has 0 fully saturated rings. The standard InChI is InChI=1S/C14H20N4O2S/c1-4-9-7-16-11(21-9)8-18-10(5-2)17-12(13(18)15)14(19)20-6-3/h7H,4-6,8,15H2,1-3H3. The van der Waals surface area contributed by atoms with Gasteiger partial charge in [-0.05, 0) is 13.3 Å². The lowest BCUT2D eigenvalue weighted by molar-refractivity contribution is 0.0521. The van der Waals surface area contributed by atoms with E-state index in [4.69, 9.17) is 10.5 Å². The van der Waals surface area contributed by atoms with Crippen molar-refractivity contribution in [3.8, 4) is 0 Å². The molecule has 0 aliphatic heterocycles. The van der Waals surface area contributed by atoms with E-state index in [0.29, 0.717) is 25.4 Å². The number of anilines is 1. The molecule has 0 amide bonds. The van der Waals surface area contributed by atoms with E-state index in [1.54, 1.807) is 18.3 Å². The van der Waals surface area contributed by atoms with Gasteiger partial charge in [-0.3, -0.25) is 0 Å². The first-order valence-corrected chi connectivity index (χ1v) is 7.87. The zero-order chi connectivity index (χ0) is 15.4. The molecule has 21 heavy (non-hydrogen) atoms. The molecule has 2 aromatic heterocycles. The average Bonchev–Trinajstić information content (AvgIpc) is 3.05. The van der Waals surface area contributed by atoms with Gasteiger partial charge in [-0.2, -0.15) is 0 Å². The second kappa shape index (κ2) is 6.71. The van der Waals surface area contributed by atoms with Gasteiger partial charge in [0.25, 0.3) is 0 Å². The highest BCUT2D eigenvalue weighted by Crippen LogP contribution is 2.21. The number of nitrogen functional groups attached to an aromatic ring is 1. The molecule has 0 spiro atoms. The summed E-state index contributed by atoms with van der Waals surface area (Å²) in [5.41, 5.74) is 6.27. The van der Waals surface area contributed by atoms with E-state index in [0.717, 1.165) is 17.3 Å². The lowest BCUT2D eigenvalue weighted by atomic mass is 10.4. The number of hydrogen-bond acceptors (Lipinski definition) is 6. The molecule has 114 valence electrons. The van der Waals surface area contributed by atoms with E-state index >= 15 is 0 Å². The number of rotatable bonds is 6. The Morgan fingerprint density at radius 1 is 1.38 bits per heavy atom. The Bertz CT molecular complexity index is 633. The van der Waals surface area contributed by atoms with Crippen LogP contribution in [0.5, 0.6) is 0 Å². The Balaban J connectivity index is 2.31. The van der Waals surface area contributed by atoms with E-state index in [1.165, 1.54) is 4.88 Å². The smallest absolute Gasteiger partial charge is 0.360 e. The van der Waals surface area contributed by atoms with Crippen LogP contribution in [-0.4, -0.2) is 27.1 Å². The van der Waals surface area contributed by atoms with E-state index < -0.39 is 5.97 Å². The van der Waals surface area contributed by atoms with Crippen molar-refractivity contribution in [3.05, 3.63) is 27.6 Å². The number of ether oxygens (including phenoxy) is 1. The number of esters is 1. The molecule has 0 aliphatic carbocycles. The van der Waals surface area contributed by atoms with Crippen molar-refractivity contribution in [2.45, 2.75) is 40.2 Å². The molecule has 0 unspecified atom stereocenters. The number of carbonyl (C=O) groups excluding carboxylic acids is 1. The van der Waals surface area contributed by atoms with E-state index in [9.17, 15) is 4.79 Å². The second-order valence-electron chi connectivity index (χ2n) is 4.50. The number of carbonyl (C=O) groups is 1. The van der Waals surface area contributed by atoms with Crippen molar-refractivity contribution in [3.63, 3.8) is 0 Å². The van der Waals surface area contributed by atoms with E-state index in [2.05, 4.69) is 16.9 Å². The fraction of sp³-hybridized carbons (Fsp3) is 0.500. The molecule has 0 aromatic carbocycles. The van der Waals surface area contributed by atoms with Crippen LogP contribution in [0.3, 0.4) is 0 Å². The molecule has 2 aromatic rings. The van der Waals surface area contributed by atoms with Crippen LogP contribution < -0.4 is 5.73 Å². The third-order valence-electron chi connectivity index (χ3n) is 3.11. The van der Waals surface area contributed by atoms with Crippen LogP contribution in [0.2, 0.25) is 0 Å². The second-order valence-corrected chi connectivity index (χ2v) is 5.70. The molecule has 7 heteroatoms. The molecule has 0 aliphatic rings. The number of nitrogens with two attached hydrogens (primary N) is 1. The average molecular weight is 308 g/mol. The maximum absolute atomic E-state index is 11.9. The van der Waals surface area contributed by atoms with Crippen LogP contribution in [0.15, 0.2) is 6.20 Å². The van der Waals surface area contributed by atoms with Gasteiger partial charge in [0.15, 0.2) is 5.69 Å².